The van der Waals surface area contributed by atoms with Gasteiger partial charge in [-0.3, -0.25) is 14.4 Å². The molecule has 0 aromatic rings. The van der Waals surface area contributed by atoms with Crippen LogP contribution in [0.1, 0.15) is 33.6 Å². The van der Waals surface area contributed by atoms with Gasteiger partial charge in [0.2, 0.25) is 17.5 Å². The van der Waals surface area contributed by atoms with E-state index >= 15 is 0 Å². The number of Topliss-reactive ketones (excluding diaryl/α,β-unsaturated/α-hetero) is 2. The van der Waals surface area contributed by atoms with Crippen molar-refractivity contribution in [2.45, 2.75) is 39.2 Å². The maximum absolute atomic E-state index is 12.6. The molecule has 2 rings (SSSR count). The van der Waals surface area contributed by atoms with Crippen molar-refractivity contribution in [3.8, 4) is 0 Å². The predicted molar refractivity (Wildman–Crippen MR) is 69.7 cm³/mol. The third-order valence-corrected chi connectivity index (χ3v) is 5.21. The molecule has 2 aliphatic carbocycles. The van der Waals surface area contributed by atoms with E-state index in [1.807, 2.05) is 0 Å². The van der Waals surface area contributed by atoms with Crippen LogP contribution in [0.2, 0.25) is 0 Å². The number of carbonyl (C=O) groups excluding carboxylic acids is 3. The second-order valence-corrected chi connectivity index (χ2v) is 6.74. The summed E-state index contributed by atoms with van der Waals surface area (Å²) in [5, 5.41) is 21.1. The number of fused-ring (bicyclic) bond motifs is 2. The van der Waals surface area contributed by atoms with Crippen LogP contribution >= 0.6 is 0 Å². The lowest BCUT2D eigenvalue weighted by Gasteiger charge is -2.37. The lowest BCUT2D eigenvalue weighted by Crippen LogP contribution is -2.59. The van der Waals surface area contributed by atoms with Gasteiger partial charge in [0, 0.05) is 5.92 Å². The van der Waals surface area contributed by atoms with Crippen molar-refractivity contribution in [3.05, 3.63) is 0 Å². The molecule has 2 fully saturated rings. The average molecular weight is 283 g/mol. The van der Waals surface area contributed by atoms with Crippen molar-refractivity contribution in [1.82, 2.24) is 5.32 Å². The summed E-state index contributed by atoms with van der Waals surface area (Å²) in [5.41, 5.74) is -3.29. The summed E-state index contributed by atoms with van der Waals surface area (Å²) in [6, 6.07) is 0. The minimum atomic E-state index is -1.36. The van der Waals surface area contributed by atoms with Gasteiger partial charge in [-0.1, -0.05) is 13.8 Å². The minimum Gasteiger partial charge on any atom is -0.394 e. The van der Waals surface area contributed by atoms with Crippen LogP contribution in [0.15, 0.2) is 0 Å². The van der Waals surface area contributed by atoms with E-state index in [0.29, 0.717) is 12.8 Å². The molecule has 0 spiro atoms. The van der Waals surface area contributed by atoms with Gasteiger partial charge in [0.1, 0.15) is 5.41 Å². The number of amides is 1. The maximum atomic E-state index is 12.6. The highest BCUT2D eigenvalue weighted by molar-refractivity contribution is 6.47. The summed E-state index contributed by atoms with van der Waals surface area (Å²) in [4.78, 5) is 36.9. The lowest BCUT2D eigenvalue weighted by molar-refractivity contribution is -0.150. The van der Waals surface area contributed by atoms with Crippen LogP contribution in [0, 0.1) is 16.7 Å². The van der Waals surface area contributed by atoms with Crippen molar-refractivity contribution < 1.29 is 24.6 Å². The van der Waals surface area contributed by atoms with E-state index in [1.165, 1.54) is 6.92 Å². The smallest absolute Gasteiger partial charge is 0.235 e. The quantitative estimate of drug-likeness (QED) is 0.473. The van der Waals surface area contributed by atoms with Crippen molar-refractivity contribution in [1.29, 1.82) is 0 Å². The molecule has 0 radical (unpaired) electrons. The molecule has 3 N–H and O–H groups in total. The first-order valence-corrected chi connectivity index (χ1v) is 6.79. The molecule has 0 saturated heterocycles. The monoisotopic (exact) mass is 283 g/mol. The average Bonchev–Trinajstić information content (AvgIpc) is 2.75. The number of aliphatic hydroxyl groups excluding tert-OH is 2. The topological polar surface area (TPSA) is 104 Å². The van der Waals surface area contributed by atoms with Gasteiger partial charge >= 0.3 is 0 Å². The fraction of sp³-hybridized carbons (Fsp3) is 0.786. The number of carbonyl (C=O) groups is 3. The summed E-state index contributed by atoms with van der Waals surface area (Å²) in [7, 11) is 0. The normalized spacial score (nSPS) is 31.8. The van der Waals surface area contributed by atoms with E-state index in [2.05, 4.69) is 5.32 Å². The van der Waals surface area contributed by atoms with Crippen LogP contribution in [0.3, 0.4) is 0 Å². The first-order valence-electron chi connectivity index (χ1n) is 6.79. The third kappa shape index (κ3) is 1.61. The van der Waals surface area contributed by atoms with Gasteiger partial charge in [-0.2, -0.15) is 0 Å². The molecule has 2 saturated carbocycles. The fourth-order valence-corrected chi connectivity index (χ4v) is 3.59. The molecular formula is C14H21NO5. The molecule has 1 amide bonds. The highest BCUT2D eigenvalue weighted by atomic mass is 16.3. The van der Waals surface area contributed by atoms with E-state index < -0.39 is 53.0 Å². The largest absolute Gasteiger partial charge is 0.394 e. The van der Waals surface area contributed by atoms with Crippen LogP contribution in [0.5, 0.6) is 0 Å². The van der Waals surface area contributed by atoms with Crippen LogP contribution in [0.25, 0.3) is 0 Å². The van der Waals surface area contributed by atoms with Gasteiger partial charge in [0.25, 0.3) is 0 Å². The zero-order valence-corrected chi connectivity index (χ0v) is 12.0. The molecule has 2 bridgehead atoms. The molecule has 6 heteroatoms. The van der Waals surface area contributed by atoms with E-state index in [-0.39, 0.29) is 0 Å². The number of nitrogens with one attached hydrogen (secondary N) is 1. The van der Waals surface area contributed by atoms with Crippen molar-refractivity contribution in [2.24, 2.45) is 16.7 Å². The van der Waals surface area contributed by atoms with Gasteiger partial charge in [0.15, 0.2) is 0 Å². The molecule has 6 nitrogen and oxygen atoms in total. The van der Waals surface area contributed by atoms with Gasteiger partial charge in [-0.25, -0.2) is 0 Å². The molecule has 0 aliphatic heterocycles. The molecule has 2 atom stereocenters. The summed E-state index contributed by atoms with van der Waals surface area (Å²) in [5.74, 6) is -2.07. The summed E-state index contributed by atoms with van der Waals surface area (Å²) in [6.07, 6.45) is 0.869. The molecule has 20 heavy (non-hydrogen) atoms. The van der Waals surface area contributed by atoms with Gasteiger partial charge in [-0.15, -0.1) is 0 Å². The van der Waals surface area contributed by atoms with Crippen molar-refractivity contribution >= 4 is 17.5 Å². The Morgan fingerprint density at radius 1 is 1.35 bits per heavy atom. The van der Waals surface area contributed by atoms with Gasteiger partial charge < -0.3 is 15.5 Å². The minimum absolute atomic E-state index is 0.341. The first kappa shape index (κ1) is 15.1. The third-order valence-electron chi connectivity index (χ3n) is 5.21. The molecule has 2 aliphatic rings. The highest BCUT2D eigenvalue weighted by Gasteiger charge is 2.72. The Hall–Kier alpha value is -1.27. The van der Waals surface area contributed by atoms with Crippen molar-refractivity contribution in [3.63, 3.8) is 0 Å². The number of ketones is 2. The van der Waals surface area contributed by atoms with Crippen LogP contribution in [0.4, 0.5) is 0 Å². The van der Waals surface area contributed by atoms with Crippen LogP contribution < -0.4 is 5.32 Å². The predicted octanol–water partition coefficient (Wildman–Crippen LogP) is -0.580. The number of aliphatic hydroxyl groups is 2. The van der Waals surface area contributed by atoms with Crippen LogP contribution in [-0.4, -0.2) is 46.4 Å². The number of hydrogen-bond acceptors (Lipinski definition) is 5. The van der Waals surface area contributed by atoms with E-state index in [4.69, 9.17) is 0 Å². The zero-order valence-electron chi connectivity index (χ0n) is 12.0. The van der Waals surface area contributed by atoms with E-state index in [9.17, 15) is 24.6 Å². The Morgan fingerprint density at radius 2 is 1.90 bits per heavy atom. The fourth-order valence-electron chi connectivity index (χ4n) is 3.59. The maximum Gasteiger partial charge on any atom is 0.235 e. The van der Waals surface area contributed by atoms with Gasteiger partial charge in [-0.05, 0) is 25.2 Å². The second-order valence-electron chi connectivity index (χ2n) is 6.74. The summed E-state index contributed by atoms with van der Waals surface area (Å²) in [6.45, 7) is 4.13. The van der Waals surface area contributed by atoms with E-state index in [0.717, 1.165) is 0 Å². The zero-order chi connectivity index (χ0) is 15.3. The summed E-state index contributed by atoms with van der Waals surface area (Å²) < 4.78 is 0. The van der Waals surface area contributed by atoms with Crippen molar-refractivity contribution in [2.75, 3.05) is 13.2 Å². The number of hydrogen-bond donors (Lipinski definition) is 3. The Kier molecular flexibility index (Phi) is 3.30. The highest BCUT2D eigenvalue weighted by Crippen LogP contribution is 2.62. The number of rotatable bonds is 4. The molecule has 0 aromatic heterocycles. The lowest BCUT2D eigenvalue weighted by atomic mass is 9.68. The Balaban J connectivity index is 2.38. The Labute approximate surface area is 117 Å². The molecule has 0 heterocycles. The molecule has 112 valence electrons. The van der Waals surface area contributed by atoms with Gasteiger partial charge in [0.05, 0.1) is 18.8 Å². The Bertz CT molecular complexity index is 480. The standard InChI is InChI=1S/C14H21NO5/c1-12(2)8-4-5-14(12,10(19)9(8)18)11(20)15-13(3,6-16)7-17/h8,16-17H,4-7H2,1-3H3,(H,15,20). The Morgan fingerprint density at radius 3 is 2.30 bits per heavy atom. The molecule has 2 unspecified atom stereocenters. The second kappa shape index (κ2) is 4.36. The van der Waals surface area contributed by atoms with Crippen LogP contribution in [-0.2, 0) is 14.4 Å². The molecular weight excluding hydrogens is 262 g/mol. The van der Waals surface area contributed by atoms with E-state index in [1.54, 1.807) is 13.8 Å². The summed E-state index contributed by atoms with van der Waals surface area (Å²) >= 11 is 0. The SMILES string of the molecule is CC(CO)(CO)NC(=O)C12CCC(C(=O)C1=O)C2(C)C. The first-order chi connectivity index (χ1) is 9.16. The molecule has 0 aromatic carbocycles.